The van der Waals surface area contributed by atoms with Gasteiger partial charge in [-0.25, -0.2) is 4.98 Å². The van der Waals surface area contributed by atoms with E-state index < -0.39 is 0 Å². The van der Waals surface area contributed by atoms with E-state index in [-0.39, 0.29) is 18.4 Å². The lowest BCUT2D eigenvalue weighted by atomic mass is 10.2. The van der Waals surface area contributed by atoms with Crippen LogP contribution in [0.5, 0.6) is 5.75 Å². The van der Waals surface area contributed by atoms with Gasteiger partial charge in [0.1, 0.15) is 11.6 Å². The van der Waals surface area contributed by atoms with Gasteiger partial charge in [-0.2, -0.15) is 0 Å². The number of pyridine rings is 1. The first-order valence-corrected chi connectivity index (χ1v) is 4.66. The highest BCUT2D eigenvalue weighted by Crippen LogP contribution is 2.14. The highest BCUT2D eigenvalue weighted by atomic mass is 16.5. The van der Waals surface area contributed by atoms with Crippen LogP contribution in [-0.2, 0) is 4.79 Å². The van der Waals surface area contributed by atoms with E-state index in [1.54, 1.807) is 25.4 Å². The molecule has 1 rings (SSSR count). The largest absolute Gasteiger partial charge is 0.497 e. The number of carbonyl (C=O) groups is 1. The second-order valence-corrected chi connectivity index (χ2v) is 3.30. The van der Waals surface area contributed by atoms with Gasteiger partial charge in [0.15, 0.2) is 0 Å². The van der Waals surface area contributed by atoms with Crippen molar-refractivity contribution in [2.75, 3.05) is 12.4 Å². The Labute approximate surface area is 88.6 Å². The number of amides is 1. The zero-order chi connectivity index (χ0) is 11.3. The summed E-state index contributed by atoms with van der Waals surface area (Å²) in [4.78, 5) is 14.8. The van der Waals surface area contributed by atoms with E-state index in [0.717, 1.165) is 5.75 Å². The summed E-state index contributed by atoms with van der Waals surface area (Å²) >= 11 is 0. The van der Waals surface area contributed by atoms with E-state index in [9.17, 15) is 4.79 Å². The molecule has 1 atom stereocenters. The minimum Gasteiger partial charge on any atom is -0.497 e. The fourth-order valence-electron chi connectivity index (χ4n) is 1.22. The van der Waals surface area contributed by atoms with Crippen LogP contribution < -0.4 is 15.8 Å². The van der Waals surface area contributed by atoms with Crippen LogP contribution >= 0.6 is 0 Å². The second-order valence-electron chi connectivity index (χ2n) is 3.30. The third kappa shape index (κ3) is 3.84. The summed E-state index contributed by atoms with van der Waals surface area (Å²) in [5, 5.41) is 3.06. The Morgan fingerprint density at radius 2 is 2.47 bits per heavy atom. The van der Waals surface area contributed by atoms with Gasteiger partial charge < -0.3 is 15.8 Å². The maximum atomic E-state index is 10.7. The standard InChI is InChI=1S/C10H15N3O2/c1-7(5-9(11)14)13-10-6-8(15-2)3-4-12-10/h3-4,6-7H,5H2,1-2H3,(H2,11,14)(H,12,13). The zero-order valence-electron chi connectivity index (χ0n) is 8.86. The van der Waals surface area contributed by atoms with E-state index in [4.69, 9.17) is 10.5 Å². The highest BCUT2D eigenvalue weighted by Gasteiger charge is 2.06. The summed E-state index contributed by atoms with van der Waals surface area (Å²) < 4.78 is 5.05. The third-order valence-electron chi connectivity index (χ3n) is 1.87. The van der Waals surface area contributed by atoms with Crippen LogP contribution in [0.15, 0.2) is 18.3 Å². The number of rotatable bonds is 5. The average molecular weight is 209 g/mol. The van der Waals surface area contributed by atoms with Gasteiger partial charge in [-0.1, -0.05) is 0 Å². The van der Waals surface area contributed by atoms with Crippen molar-refractivity contribution in [1.29, 1.82) is 0 Å². The summed E-state index contributed by atoms with van der Waals surface area (Å²) in [6.07, 6.45) is 1.91. The molecular weight excluding hydrogens is 194 g/mol. The molecule has 0 radical (unpaired) electrons. The lowest BCUT2D eigenvalue weighted by Crippen LogP contribution is -2.24. The van der Waals surface area contributed by atoms with Crippen LogP contribution in [0, 0.1) is 0 Å². The van der Waals surface area contributed by atoms with Crippen molar-refractivity contribution < 1.29 is 9.53 Å². The van der Waals surface area contributed by atoms with E-state index in [1.807, 2.05) is 6.92 Å². The molecule has 0 aliphatic rings. The molecule has 0 spiro atoms. The highest BCUT2D eigenvalue weighted by molar-refractivity contribution is 5.74. The van der Waals surface area contributed by atoms with E-state index >= 15 is 0 Å². The van der Waals surface area contributed by atoms with Crippen LogP contribution in [-0.4, -0.2) is 24.0 Å². The number of carbonyl (C=O) groups excluding carboxylic acids is 1. The van der Waals surface area contributed by atoms with Gasteiger partial charge in [-0.15, -0.1) is 0 Å². The third-order valence-corrected chi connectivity index (χ3v) is 1.87. The molecule has 0 saturated carbocycles. The molecule has 1 heterocycles. The van der Waals surface area contributed by atoms with Crippen LogP contribution in [0.4, 0.5) is 5.82 Å². The van der Waals surface area contributed by atoms with Gasteiger partial charge in [0.05, 0.1) is 7.11 Å². The summed E-state index contributed by atoms with van der Waals surface area (Å²) in [7, 11) is 1.59. The molecule has 15 heavy (non-hydrogen) atoms. The van der Waals surface area contributed by atoms with Gasteiger partial charge >= 0.3 is 0 Å². The molecule has 0 bridgehead atoms. The normalized spacial score (nSPS) is 11.9. The molecular formula is C10H15N3O2. The molecule has 5 nitrogen and oxygen atoms in total. The quantitative estimate of drug-likeness (QED) is 0.750. The van der Waals surface area contributed by atoms with Crippen molar-refractivity contribution in [2.24, 2.45) is 5.73 Å². The molecule has 0 aromatic carbocycles. The fourth-order valence-corrected chi connectivity index (χ4v) is 1.22. The number of nitrogens with two attached hydrogens (primary N) is 1. The van der Waals surface area contributed by atoms with Crippen LogP contribution in [0.3, 0.4) is 0 Å². The number of hydrogen-bond acceptors (Lipinski definition) is 4. The van der Waals surface area contributed by atoms with E-state index in [1.165, 1.54) is 0 Å². The number of aromatic nitrogens is 1. The Bertz CT molecular complexity index is 341. The Hall–Kier alpha value is -1.78. The molecule has 1 aromatic rings. The van der Waals surface area contributed by atoms with E-state index in [0.29, 0.717) is 5.82 Å². The lowest BCUT2D eigenvalue weighted by molar-refractivity contribution is -0.118. The molecule has 1 unspecified atom stereocenters. The predicted octanol–water partition coefficient (Wildman–Crippen LogP) is 0.766. The summed E-state index contributed by atoms with van der Waals surface area (Å²) in [6.45, 7) is 1.87. The van der Waals surface area contributed by atoms with Gasteiger partial charge in [-0.05, 0) is 13.0 Å². The fraction of sp³-hybridized carbons (Fsp3) is 0.400. The summed E-state index contributed by atoms with van der Waals surface area (Å²) in [5.74, 6) is 1.06. The van der Waals surface area contributed by atoms with Gasteiger partial charge in [0.2, 0.25) is 5.91 Å². The first kappa shape index (κ1) is 11.3. The van der Waals surface area contributed by atoms with Crippen molar-refractivity contribution in [1.82, 2.24) is 4.98 Å². The molecule has 3 N–H and O–H groups in total. The molecule has 0 aliphatic carbocycles. The van der Waals surface area contributed by atoms with Crippen LogP contribution in [0.1, 0.15) is 13.3 Å². The van der Waals surface area contributed by atoms with Gasteiger partial charge in [-0.3, -0.25) is 4.79 Å². The van der Waals surface area contributed by atoms with Crippen LogP contribution in [0.25, 0.3) is 0 Å². The second kappa shape index (κ2) is 5.19. The monoisotopic (exact) mass is 209 g/mol. The van der Waals surface area contributed by atoms with Crippen molar-refractivity contribution in [3.05, 3.63) is 18.3 Å². The summed E-state index contributed by atoms with van der Waals surface area (Å²) in [6, 6.07) is 3.48. The average Bonchev–Trinajstić information content (AvgIpc) is 2.16. The molecule has 0 fully saturated rings. The first-order valence-electron chi connectivity index (χ1n) is 4.66. The number of ether oxygens (including phenoxy) is 1. The number of nitrogens with zero attached hydrogens (tertiary/aromatic N) is 1. The molecule has 0 saturated heterocycles. The number of nitrogens with one attached hydrogen (secondary N) is 1. The Balaban J connectivity index is 2.59. The SMILES string of the molecule is COc1ccnc(NC(C)CC(N)=O)c1. The smallest absolute Gasteiger partial charge is 0.219 e. The predicted molar refractivity (Wildman–Crippen MR) is 57.7 cm³/mol. The van der Waals surface area contributed by atoms with Crippen LogP contribution in [0.2, 0.25) is 0 Å². The lowest BCUT2D eigenvalue weighted by Gasteiger charge is -2.12. The molecule has 82 valence electrons. The zero-order valence-corrected chi connectivity index (χ0v) is 8.86. The van der Waals surface area contributed by atoms with Crippen molar-refractivity contribution in [3.8, 4) is 5.75 Å². The minimum absolute atomic E-state index is 0.0397. The number of anilines is 1. The maximum Gasteiger partial charge on any atom is 0.219 e. The molecule has 1 aromatic heterocycles. The first-order chi connectivity index (χ1) is 7.11. The Kier molecular flexibility index (Phi) is 3.91. The maximum absolute atomic E-state index is 10.7. The Morgan fingerprint density at radius 3 is 3.07 bits per heavy atom. The number of hydrogen-bond donors (Lipinski definition) is 2. The van der Waals surface area contributed by atoms with Crippen molar-refractivity contribution in [2.45, 2.75) is 19.4 Å². The van der Waals surface area contributed by atoms with Crippen molar-refractivity contribution >= 4 is 11.7 Å². The number of primary amides is 1. The van der Waals surface area contributed by atoms with E-state index in [2.05, 4.69) is 10.3 Å². The van der Waals surface area contributed by atoms with Gasteiger partial charge in [0, 0.05) is 24.7 Å². The Morgan fingerprint density at radius 1 is 1.73 bits per heavy atom. The number of methoxy groups -OCH3 is 1. The topological polar surface area (TPSA) is 77.2 Å². The summed E-state index contributed by atoms with van der Waals surface area (Å²) in [5.41, 5.74) is 5.08. The molecule has 1 amide bonds. The molecule has 5 heteroatoms. The van der Waals surface area contributed by atoms with Gasteiger partial charge in [0.25, 0.3) is 0 Å². The minimum atomic E-state index is -0.335. The molecule has 0 aliphatic heterocycles. The van der Waals surface area contributed by atoms with Crippen molar-refractivity contribution in [3.63, 3.8) is 0 Å².